The molecule has 3 aromatic rings. The lowest BCUT2D eigenvalue weighted by atomic mass is 10.0. The zero-order valence-electron chi connectivity index (χ0n) is 13.8. The maximum Gasteiger partial charge on any atom is 0.179 e. The first-order chi connectivity index (χ1) is 12.2. The Hall–Kier alpha value is -2.20. The molecular weight excluding hydrogens is 378 g/mol. The van der Waals surface area contributed by atoms with Crippen LogP contribution in [-0.4, -0.2) is 19.2 Å². The van der Waals surface area contributed by atoms with Crippen LogP contribution in [-0.2, 0) is 5.11 Å². The van der Waals surface area contributed by atoms with Gasteiger partial charge in [-0.3, -0.25) is 5.11 Å². The van der Waals surface area contributed by atoms with Gasteiger partial charge in [0.15, 0.2) is 5.75 Å². The van der Waals surface area contributed by atoms with E-state index < -0.39 is 0 Å². The van der Waals surface area contributed by atoms with Crippen molar-refractivity contribution in [1.29, 1.82) is 0 Å². The molecule has 0 amide bonds. The Kier molecular flexibility index (Phi) is 4.53. The molecule has 1 radical (unpaired) electrons. The third-order valence-electron chi connectivity index (χ3n) is 4.72. The summed E-state index contributed by atoms with van der Waals surface area (Å²) in [5.41, 5.74) is 1.22. The van der Waals surface area contributed by atoms with E-state index in [2.05, 4.69) is 33.0 Å². The van der Waals surface area contributed by atoms with Crippen LogP contribution in [0, 0.1) is 0 Å². The Morgan fingerprint density at radius 3 is 2.32 bits per heavy atom. The first-order valence-electron chi connectivity index (χ1n) is 8.55. The van der Waals surface area contributed by atoms with Gasteiger partial charge in [0.25, 0.3) is 0 Å². The van der Waals surface area contributed by atoms with Gasteiger partial charge < -0.3 is 9.64 Å². The fraction of sp³-hybridized carbons (Fsp3) is 0.238. The number of hydrogen-bond donors (Lipinski definition) is 0. The van der Waals surface area contributed by atoms with Crippen molar-refractivity contribution in [1.82, 2.24) is 0 Å². The number of halogens is 1. The Balaban J connectivity index is 1.41. The standard InChI is InChI=1S/C21H19BrNO2/c22-17-3-7-20(8-4-17)25-21-9-11-23(12-10-21)18-5-1-16-14-19(24)6-2-15(16)13-18/h1-8,13-14,21H,9-12H2. The molecule has 0 aromatic heterocycles. The third-order valence-corrected chi connectivity index (χ3v) is 5.25. The molecule has 3 aromatic carbocycles. The number of rotatable bonds is 3. The number of fused-ring (bicyclic) bond motifs is 1. The van der Waals surface area contributed by atoms with Crippen LogP contribution in [0.3, 0.4) is 0 Å². The highest BCUT2D eigenvalue weighted by atomic mass is 79.9. The predicted octanol–water partition coefficient (Wildman–Crippen LogP) is 5.79. The number of piperidine rings is 1. The highest BCUT2D eigenvalue weighted by Crippen LogP contribution is 2.28. The molecule has 0 aliphatic carbocycles. The zero-order chi connectivity index (χ0) is 17.2. The Bertz CT molecular complexity index is 871. The van der Waals surface area contributed by atoms with Gasteiger partial charge in [-0.2, -0.15) is 0 Å². The monoisotopic (exact) mass is 396 g/mol. The van der Waals surface area contributed by atoms with E-state index in [1.165, 1.54) is 5.69 Å². The van der Waals surface area contributed by atoms with Gasteiger partial charge in [-0.05, 0) is 59.3 Å². The van der Waals surface area contributed by atoms with Gasteiger partial charge in [-0.25, -0.2) is 0 Å². The molecule has 4 rings (SSSR count). The van der Waals surface area contributed by atoms with E-state index in [0.717, 1.165) is 46.9 Å². The van der Waals surface area contributed by atoms with Crippen molar-refractivity contribution in [2.75, 3.05) is 18.0 Å². The van der Waals surface area contributed by atoms with Crippen molar-refractivity contribution in [2.24, 2.45) is 0 Å². The highest BCUT2D eigenvalue weighted by Gasteiger charge is 2.21. The number of anilines is 1. The molecule has 4 heteroatoms. The van der Waals surface area contributed by atoms with Gasteiger partial charge in [0.05, 0.1) is 0 Å². The van der Waals surface area contributed by atoms with Crippen molar-refractivity contribution < 1.29 is 9.84 Å². The van der Waals surface area contributed by atoms with Crippen LogP contribution < -0.4 is 9.64 Å². The van der Waals surface area contributed by atoms with Gasteiger partial charge >= 0.3 is 0 Å². The Morgan fingerprint density at radius 1 is 0.880 bits per heavy atom. The van der Waals surface area contributed by atoms with Crippen LogP contribution in [0.5, 0.6) is 11.5 Å². The second-order valence-electron chi connectivity index (χ2n) is 6.45. The molecule has 1 aliphatic rings. The lowest BCUT2D eigenvalue weighted by Gasteiger charge is -2.34. The normalized spacial score (nSPS) is 15.5. The SMILES string of the molecule is [O]c1ccc2cc(N3CCC(Oc4ccc(Br)cc4)CC3)ccc2c1. The minimum Gasteiger partial charge on any atom is -0.490 e. The Labute approximate surface area is 156 Å². The van der Waals surface area contributed by atoms with Crippen LogP contribution >= 0.6 is 15.9 Å². The maximum atomic E-state index is 11.4. The summed E-state index contributed by atoms with van der Waals surface area (Å²) in [6.07, 6.45) is 2.28. The minimum absolute atomic E-state index is 0.0613. The molecule has 25 heavy (non-hydrogen) atoms. The highest BCUT2D eigenvalue weighted by molar-refractivity contribution is 9.10. The van der Waals surface area contributed by atoms with E-state index in [4.69, 9.17) is 4.74 Å². The largest absolute Gasteiger partial charge is 0.490 e. The van der Waals surface area contributed by atoms with E-state index in [0.29, 0.717) is 0 Å². The predicted molar refractivity (Wildman–Crippen MR) is 104 cm³/mol. The molecule has 0 spiro atoms. The van der Waals surface area contributed by atoms with Crippen molar-refractivity contribution in [3.8, 4) is 11.5 Å². The van der Waals surface area contributed by atoms with Crippen molar-refractivity contribution in [2.45, 2.75) is 18.9 Å². The molecule has 0 saturated carbocycles. The second kappa shape index (κ2) is 6.96. The van der Waals surface area contributed by atoms with E-state index in [9.17, 15) is 5.11 Å². The second-order valence-corrected chi connectivity index (χ2v) is 7.37. The quantitative estimate of drug-likeness (QED) is 0.560. The Morgan fingerprint density at radius 2 is 1.56 bits per heavy atom. The van der Waals surface area contributed by atoms with Crippen LogP contribution in [0.1, 0.15) is 12.8 Å². The van der Waals surface area contributed by atoms with E-state index in [1.54, 1.807) is 12.1 Å². The molecule has 0 N–H and O–H groups in total. The minimum atomic E-state index is 0.0613. The van der Waals surface area contributed by atoms with Crippen LogP contribution in [0.15, 0.2) is 65.1 Å². The van der Waals surface area contributed by atoms with Gasteiger partial charge in [-0.1, -0.05) is 28.1 Å². The summed E-state index contributed by atoms with van der Waals surface area (Å²) in [7, 11) is 0. The summed E-state index contributed by atoms with van der Waals surface area (Å²) < 4.78 is 7.16. The van der Waals surface area contributed by atoms with Crippen LogP contribution in [0.25, 0.3) is 10.8 Å². The molecule has 0 bridgehead atoms. The summed E-state index contributed by atoms with van der Waals surface area (Å²) in [6, 6.07) is 19.6. The van der Waals surface area contributed by atoms with Crippen LogP contribution in [0.4, 0.5) is 5.69 Å². The molecule has 0 unspecified atom stereocenters. The summed E-state index contributed by atoms with van der Waals surface area (Å²) in [6.45, 7) is 1.96. The third kappa shape index (κ3) is 3.74. The summed E-state index contributed by atoms with van der Waals surface area (Å²) in [4.78, 5) is 2.39. The van der Waals surface area contributed by atoms with E-state index >= 15 is 0 Å². The number of hydrogen-bond acceptors (Lipinski definition) is 2. The fourth-order valence-corrected chi connectivity index (χ4v) is 3.61. The first kappa shape index (κ1) is 16.3. The smallest absolute Gasteiger partial charge is 0.179 e. The van der Waals surface area contributed by atoms with Crippen molar-refractivity contribution in [3.63, 3.8) is 0 Å². The van der Waals surface area contributed by atoms with Crippen molar-refractivity contribution >= 4 is 32.4 Å². The van der Waals surface area contributed by atoms with Gasteiger partial charge in [0, 0.05) is 36.1 Å². The molecule has 127 valence electrons. The lowest BCUT2D eigenvalue weighted by molar-refractivity contribution is 0.171. The average molecular weight is 397 g/mol. The first-order valence-corrected chi connectivity index (χ1v) is 9.35. The molecule has 1 heterocycles. The topological polar surface area (TPSA) is 32.4 Å². The van der Waals surface area contributed by atoms with Crippen LogP contribution in [0.2, 0.25) is 0 Å². The van der Waals surface area contributed by atoms with Gasteiger partial charge in [-0.15, -0.1) is 0 Å². The maximum absolute atomic E-state index is 11.4. The van der Waals surface area contributed by atoms with E-state index in [1.807, 2.05) is 36.4 Å². The molecule has 1 aliphatic heterocycles. The molecule has 0 atom stereocenters. The lowest BCUT2D eigenvalue weighted by Crippen LogP contribution is -2.38. The van der Waals surface area contributed by atoms with Crippen molar-refractivity contribution in [3.05, 3.63) is 65.1 Å². The van der Waals surface area contributed by atoms with E-state index in [-0.39, 0.29) is 11.9 Å². The summed E-state index contributed by atoms with van der Waals surface area (Å²) >= 11 is 3.45. The number of nitrogens with zero attached hydrogens (tertiary/aromatic N) is 1. The van der Waals surface area contributed by atoms with Gasteiger partial charge in [0.2, 0.25) is 0 Å². The zero-order valence-corrected chi connectivity index (χ0v) is 15.4. The number of benzene rings is 3. The molecule has 3 nitrogen and oxygen atoms in total. The summed E-state index contributed by atoms with van der Waals surface area (Å²) in [5, 5.41) is 13.6. The number of ether oxygens (including phenoxy) is 1. The summed E-state index contributed by atoms with van der Waals surface area (Å²) in [5.74, 6) is 0.993. The molecule has 1 saturated heterocycles. The van der Waals surface area contributed by atoms with Gasteiger partial charge in [0.1, 0.15) is 11.9 Å². The average Bonchev–Trinajstić information content (AvgIpc) is 2.64. The molecular formula is C21H19BrNO2. The fourth-order valence-electron chi connectivity index (χ4n) is 3.35. The molecule has 1 fully saturated rings.